The van der Waals surface area contributed by atoms with Crippen LogP contribution in [0.1, 0.15) is 82.4 Å². The van der Waals surface area contributed by atoms with Gasteiger partial charge in [-0.2, -0.15) is 0 Å². The predicted molar refractivity (Wildman–Crippen MR) is 129 cm³/mol. The van der Waals surface area contributed by atoms with Crippen LogP contribution >= 0.6 is 0 Å². The molecule has 1 N–H and O–H groups in total. The Kier molecular flexibility index (Phi) is 9.75. The Morgan fingerprint density at radius 2 is 1.52 bits per heavy atom. The summed E-state index contributed by atoms with van der Waals surface area (Å²) in [6, 6.07) is 16.8. The minimum atomic E-state index is -0.0614. The highest BCUT2D eigenvalue weighted by molar-refractivity contribution is 5.82. The lowest BCUT2D eigenvalue weighted by atomic mass is 9.98. The third kappa shape index (κ3) is 7.30. The van der Waals surface area contributed by atoms with Crippen molar-refractivity contribution in [3.63, 3.8) is 0 Å². The molecular weight excluding hydrogens is 384 g/mol. The van der Waals surface area contributed by atoms with Crippen LogP contribution in [0, 0.1) is 0 Å². The molecule has 4 heteroatoms. The quantitative estimate of drug-likeness (QED) is 0.489. The summed E-state index contributed by atoms with van der Waals surface area (Å²) in [5, 5.41) is 3.61. The number of hydrogen-bond donors (Lipinski definition) is 1. The van der Waals surface area contributed by atoms with Gasteiger partial charge in [-0.15, -0.1) is 0 Å². The zero-order valence-corrected chi connectivity index (χ0v) is 19.2. The molecule has 1 aliphatic heterocycles. The van der Waals surface area contributed by atoms with Crippen LogP contribution in [-0.2, 0) is 0 Å². The van der Waals surface area contributed by atoms with Gasteiger partial charge >= 0.3 is 0 Å². The lowest BCUT2D eigenvalue weighted by molar-refractivity contribution is 0.268. The van der Waals surface area contributed by atoms with Crippen molar-refractivity contribution in [1.82, 2.24) is 5.32 Å². The van der Waals surface area contributed by atoms with E-state index in [-0.39, 0.29) is 6.04 Å². The van der Waals surface area contributed by atoms with E-state index in [9.17, 15) is 0 Å². The summed E-state index contributed by atoms with van der Waals surface area (Å²) in [6.45, 7) is 6.62. The summed E-state index contributed by atoms with van der Waals surface area (Å²) in [7, 11) is 0. The molecule has 1 fully saturated rings. The second-order valence-electron chi connectivity index (χ2n) is 8.24. The second-order valence-corrected chi connectivity index (χ2v) is 8.24. The molecule has 31 heavy (non-hydrogen) atoms. The van der Waals surface area contributed by atoms with E-state index in [4.69, 9.17) is 14.5 Å². The molecule has 0 aromatic heterocycles. The fourth-order valence-electron chi connectivity index (χ4n) is 3.86. The molecular formula is C27H38N2O2. The largest absolute Gasteiger partial charge is 0.490 e. The summed E-state index contributed by atoms with van der Waals surface area (Å²) < 4.78 is 12.0. The molecule has 0 radical (unpaired) electrons. The molecule has 4 nitrogen and oxygen atoms in total. The van der Waals surface area contributed by atoms with Gasteiger partial charge in [-0.1, -0.05) is 69.5 Å². The highest BCUT2D eigenvalue weighted by atomic mass is 16.5. The van der Waals surface area contributed by atoms with Gasteiger partial charge in [0.15, 0.2) is 11.5 Å². The maximum Gasteiger partial charge on any atom is 0.161 e. The third-order valence-corrected chi connectivity index (χ3v) is 5.53. The van der Waals surface area contributed by atoms with Crippen LogP contribution in [0.3, 0.4) is 0 Å². The maximum absolute atomic E-state index is 6.06. The molecule has 0 amide bonds. The smallest absolute Gasteiger partial charge is 0.161 e. The minimum Gasteiger partial charge on any atom is -0.490 e. The molecule has 0 spiro atoms. The van der Waals surface area contributed by atoms with E-state index in [0.717, 1.165) is 48.7 Å². The van der Waals surface area contributed by atoms with E-state index in [1.165, 1.54) is 37.7 Å². The number of nitrogens with zero attached hydrogens (tertiary/aromatic N) is 1. The molecule has 0 saturated carbocycles. The average molecular weight is 423 g/mol. The molecule has 2 aromatic carbocycles. The number of rotatable bonds is 9. The first kappa shape index (κ1) is 23.2. The van der Waals surface area contributed by atoms with Crippen molar-refractivity contribution in [3.05, 3.63) is 59.7 Å². The summed E-state index contributed by atoms with van der Waals surface area (Å²) in [6.07, 6.45) is 9.28. The molecule has 1 saturated heterocycles. The fourth-order valence-corrected chi connectivity index (χ4v) is 3.86. The van der Waals surface area contributed by atoms with Gasteiger partial charge in [-0.3, -0.25) is 4.99 Å². The third-order valence-electron chi connectivity index (χ3n) is 5.53. The number of benzene rings is 2. The average Bonchev–Trinajstić information content (AvgIpc) is 2.94. The summed E-state index contributed by atoms with van der Waals surface area (Å²) in [4.78, 5) is 5.24. The summed E-state index contributed by atoms with van der Waals surface area (Å²) in [5.74, 6) is 2.76. The van der Waals surface area contributed by atoms with E-state index in [0.29, 0.717) is 13.2 Å². The molecule has 1 heterocycles. The Bertz CT molecular complexity index is 792. The van der Waals surface area contributed by atoms with Crippen LogP contribution in [-0.4, -0.2) is 25.6 Å². The van der Waals surface area contributed by atoms with Crippen LogP contribution in [0.4, 0.5) is 0 Å². The number of amidine groups is 1. The van der Waals surface area contributed by atoms with Crippen molar-refractivity contribution in [3.8, 4) is 11.5 Å². The standard InChI is InChI=1S/C27H38N2O2/c1-3-19-30-24-17-16-23(21-25(24)31-20-4-2)27(22-13-9-8-10-14-22)29-26-15-11-6-5-7-12-18-28-26/h8-10,13-14,16-17,21,27H,3-7,11-12,15,18-20H2,1-2H3,(H,28,29). The number of hydrogen-bond acceptors (Lipinski definition) is 3. The van der Waals surface area contributed by atoms with Crippen molar-refractivity contribution in [2.45, 2.75) is 71.3 Å². The number of nitrogens with one attached hydrogen (secondary N) is 1. The first-order chi connectivity index (χ1) is 15.3. The molecule has 0 aliphatic carbocycles. The van der Waals surface area contributed by atoms with Gasteiger partial charge < -0.3 is 14.8 Å². The maximum atomic E-state index is 6.06. The first-order valence-electron chi connectivity index (χ1n) is 12.1. The van der Waals surface area contributed by atoms with Gasteiger partial charge in [0.25, 0.3) is 0 Å². The van der Waals surface area contributed by atoms with Crippen molar-refractivity contribution < 1.29 is 9.47 Å². The molecule has 3 rings (SSSR count). The second kappa shape index (κ2) is 13.0. The normalized spacial score (nSPS) is 17.2. The van der Waals surface area contributed by atoms with Crippen LogP contribution < -0.4 is 14.8 Å². The van der Waals surface area contributed by atoms with Gasteiger partial charge in [0.1, 0.15) is 6.04 Å². The van der Waals surface area contributed by atoms with Crippen molar-refractivity contribution in [1.29, 1.82) is 0 Å². The molecule has 168 valence electrons. The Hall–Kier alpha value is -2.49. The van der Waals surface area contributed by atoms with Gasteiger partial charge in [-0.05, 0) is 48.9 Å². The highest BCUT2D eigenvalue weighted by Crippen LogP contribution is 2.35. The van der Waals surface area contributed by atoms with Gasteiger partial charge in [-0.25, -0.2) is 0 Å². The Balaban J connectivity index is 1.95. The lowest BCUT2D eigenvalue weighted by Crippen LogP contribution is -2.25. The molecule has 0 bridgehead atoms. The van der Waals surface area contributed by atoms with E-state index in [1.54, 1.807) is 0 Å². The topological polar surface area (TPSA) is 42.8 Å². The predicted octanol–water partition coefficient (Wildman–Crippen LogP) is 6.70. The Morgan fingerprint density at radius 1 is 0.806 bits per heavy atom. The van der Waals surface area contributed by atoms with Crippen LogP contribution in [0.25, 0.3) is 0 Å². The number of ether oxygens (including phenoxy) is 2. The van der Waals surface area contributed by atoms with Crippen molar-refractivity contribution in [2.24, 2.45) is 4.99 Å². The number of aliphatic imine (C=N–C) groups is 1. The molecule has 1 unspecified atom stereocenters. The van der Waals surface area contributed by atoms with Gasteiger partial charge in [0.05, 0.1) is 19.0 Å². The highest BCUT2D eigenvalue weighted by Gasteiger charge is 2.18. The molecule has 2 aromatic rings. The van der Waals surface area contributed by atoms with Crippen molar-refractivity contribution in [2.75, 3.05) is 19.8 Å². The summed E-state index contributed by atoms with van der Waals surface area (Å²) in [5.41, 5.74) is 2.33. The van der Waals surface area contributed by atoms with E-state index >= 15 is 0 Å². The summed E-state index contributed by atoms with van der Waals surface area (Å²) >= 11 is 0. The Labute approximate surface area is 188 Å². The molecule has 1 aliphatic rings. The van der Waals surface area contributed by atoms with Crippen LogP contribution in [0.15, 0.2) is 53.5 Å². The van der Waals surface area contributed by atoms with Crippen molar-refractivity contribution >= 4 is 5.84 Å². The first-order valence-corrected chi connectivity index (χ1v) is 12.1. The Morgan fingerprint density at radius 3 is 2.29 bits per heavy atom. The zero-order chi connectivity index (χ0) is 21.7. The van der Waals surface area contributed by atoms with E-state index in [2.05, 4.69) is 61.6 Å². The van der Waals surface area contributed by atoms with Gasteiger partial charge in [0.2, 0.25) is 0 Å². The zero-order valence-electron chi connectivity index (χ0n) is 19.2. The van der Waals surface area contributed by atoms with Crippen LogP contribution in [0.5, 0.6) is 11.5 Å². The fraction of sp³-hybridized carbons (Fsp3) is 0.519. The monoisotopic (exact) mass is 422 g/mol. The molecule has 1 atom stereocenters. The minimum absolute atomic E-state index is 0.0614. The van der Waals surface area contributed by atoms with E-state index < -0.39 is 0 Å². The SMILES string of the molecule is CCCOc1ccc(C(N=C2CCCCCCCN2)c2ccccc2)cc1OCCC. The lowest BCUT2D eigenvalue weighted by Gasteiger charge is -2.19. The van der Waals surface area contributed by atoms with Crippen LogP contribution in [0.2, 0.25) is 0 Å². The van der Waals surface area contributed by atoms with Gasteiger partial charge in [0, 0.05) is 13.0 Å². The van der Waals surface area contributed by atoms with E-state index in [1.807, 2.05) is 6.07 Å².